The van der Waals surface area contributed by atoms with E-state index >= 15 is 0 Å². The Labute approximate surface area is 123 Å². The highest BCUT2D eigenvalue weighted by molar-refractivity contribution is 5.95. The van der Waals surface area contributed by atoms with Crippen molar-refractivity contribution >= 4 is 5.91 Å². The molecule has 0 saturated heterocycles. The molecular weight excluding hydrogens is 274 g/mol. The largest absolute Gasteiger partial charge is 0.334 e. The van der Waals surface area contributed by atoms with E-state index in [1.807, 2.05) is 0 Å². The van der Waals surface area contributed by atoms with Crippen molar-refractivity contribution in [3.05, 3.63) is 35.4 Å². The molecule has 112 valence electrons. The maximum atomic E-state index is 13.6. The van der Waals surface area contributed by atoms with Crippen molar-refractivity contribution < 1.29 is 13.6 Å². The standard InChI is InChI=1S/C16H18F2N2O/c1-2-11-6-8-16(10-19,9-7-11)20-15(21)12-4-3-5-13(17)14(12)18/h3-5,11H,2,6-9H2,1H3,(H,20,21). The molecule has 1 aromatic rings. The predicted molar refractivity (Wildman–Crippen MR) is 74.4 cm³/mol. The first-order valence-electron chi connectivity index (χ1n) is 7.19. The average molecular weight is 292 g/mol. The van der Waals surface area contributed by atoms with E-state index in [2.05, 4.69) is 18.3 Å². The lowest BCUT2D eigenvalue weighted by atomic mass is 9.76. The second kappa shape index (κ2) is 6.21. The number of carbonyl (C=O) groups is 1. The lowest BCUT2D eigenvalue weighted by molar-refractivity contribution is 0.0886. The van der Waals surface area contributed by atoms with Gasteiger partial charge in [-0.15, -0.1) is 0 Å². The summed E-state index contributed by atoms with van der Waals surface area (Å²) in [6.45, 7) is 2.10. The summed E-state index contributed by atoms with van der Waals surface area (Å²) in [4.78, 5) is 12.1. The second-order valence-corrected chi connectivity index (χ2v) is 5.60. The number of carbonyl (C=O) groups excluding carboxylic acids is 1. The van der Waals surface area contributed by atoms with Gasteiger partial charge in [0.1, 0.15) is 5.54 Å². The molecule has 2 rings (SSSR count). The highest BCUT2D eigenvalue weighted by atomic mass is 19.2. The van der Waals surface area contributed by atoms with E-state index in [1.165, 1.54) is 12.1 Å². The van der Waals surface area contributed by atoms with Gasteiger partial charge in [-0.2, -0.15) is 5.26 Å². The highest BCUT2D eigenvalue weighted by Crippen LogP contribution is 2.33. The van der Waals surface area contributed by atoms with Crippen molar-refractivity contribution in [2.24, 2.45) is 5.92 Å². The molecule has 0 spiro atoms. The van der Waals surface area contributed by atoms with Gasteiger partial charge in [-0.3, -0.25) is 4.79 Å². The lowest BCUT2D eigenvalue weighted by Gasteiger charge is -2.35. The highest BCUT2D eigenvalue weighted by Gasteiger charge is 2.37. The maximum Gasteiger partial charge on any atom is 0.255 e. The molecule has 1 aliphatic carbocycles. The Hall–Kier alpha value is -1.96. The molecule has 0 radical (unpaired) electrons. The van der Waals surface area contributed by atoms with Crippen LogP contribution in [0.25, 0.3) is 0 Å². The van der Waals surface area contributed by atoms with Gasteiger partial charge in [0.2, 0.25) is 0 Å². The third kappa shape index (κ3) is 3.21. The Balaban J connectivity index is 2.14. The minimum Gasteiger partial charge on any atom is -0.334 e. The summed E-state index contributed by atoms with van der Waals surface area (Å²) in [5.74, 6) is -2.41. The Morgan fingerprint density at radius 1 is 1.43 bits per heavy atom. The third-order valence-corrected chi connectivity index (χ3v) is 4.30. The molecule has 0 aliphatic heterocycles. The molecule has 0 bridgehead atoms. The molecule has 5 heteroatoms. The van der Waals surface area contributed by atoms with Crippen LogP contribution < -0.4 is 5.32 Å². The van der Waals surface area contributed by atoms with Crippen LogP contribution in [0.5, 0.6) is 0 Å². The lowest BCUT2D eigenvalue weighted by Crippen LogP contribution is -2.49. The zero-order chi connectivity index (χ0) is 15.5. The quantitative estimate of drug-likeness (QED) is 0.926. The fourth-order valence-electron chi connectivity index (χ4n) is 2.81. The van der Waals surface area contributed by atoms with E-state index in [1.54, 1.807) is 0 Å². The molecule has 3 nitrogen and oxygen atoms in total. The fourth-order valence-corrected chi connectivity index (χ4v) is 2.81. The van der Waals surface area contributed by atoms with Crippen LogP contribution in [0.15, 0.2) is 18.2 Å². The van der Waals surface area contributed by atoms with Crippen LogP contribution in [0.2, 0.25) is 0 Å². The summed E-state index contributed by atoms with van der Waals surface area (Å²) >= 11 is 0. The van der Waals surface area contributed by atoms with Gasteiger partial charge < -0.3 is 5.32 Å². The van der Waals surface area contributed by atoms with Crippen LogP contribution in [-0.2, 0) is 0 Å². The van der Waals surface area contributed by atoms with Gasteiger partial charge in [-0.25, -0.2) is 8.78 Å². The summed E-state index contributed by atoms with van der Waals surface area (Å²) in [5, 5.41) is 12.0. The zero-order valence-corrected chi connectivity index (χ0v) is 12.0. The Morgan fingerprint density at radius 2 is 2.10 bits per heavy atom. The van der Waals surface area contributed by atoms with Gasteiger partial charge in [0.25, 0.3) is 5.91 Å². The first kappa shape index (κ1) is 15.4. The molecule has 1 saturated carbocycles. The van der Waals surface area contributed by atoms with Crippen LogP contribution in [-0.4, -0.2) is 11.4 Å². The average Bonchev–Trinajstić information content (AvgIpc) is 2.50. The molecule has 1 aliphatic rings. The van der Waals surface area contributed by atoms with Crippen LogP contribution in [0.4, 0.5) is 8.78 Å². The third-order valence-electron chi connectivity index (χ3n) is 4.30. The summed E-state index contributed by atoms with van der Waals surface area (Å²) in [6.07, 6.45) is 3.86. The smallest absolute Gasteiger partial charge is 0.255 e. The molecule has 21 heavy (non-hydrogen) atoms. The summed E-state index contributed by atoms with van der Waals surface area (Å²) in [7, 11) is 0. The number of nitriles is 1. The number of hydrogen-bond acceptors (Lipinski definition) is 2. The van der Waals surface area contributed by atoms with E-state index in [9.17, 15) is 18.8 Å². The Bertz CT molecular complexity index is 572. The van der Waals surface area contributed by atoms with Gasteiger partial charge in [-0.05, 0) is 43.7 Å². The SMILES string of the molecule is CCC1CCC(C#N)(NC(=O)c2cccc(F)c2F)CC1. The molecule has 0 aromatic heterocycles. The number of nitrogens with one attached hydrogen (secondary N) is 1. The first-order valence-corrected chi connectivity index (χ1v) is 7.19. The van der Waals surface area contributed by atoms with E-state index in [0.717, 1.165) is 25.3 Å². The van der Waals surface area contributed by atoms with Gasteiger partial charge in [-0.1, -0.05) is 19.4 Å². The number of amides is 1. The number of halogens is 2. The maximum absolute atomic E-state index is 13.6. The minimum atomic E-state index is -1.18. The Kier molecular flexibility index (Phi) is 4.56. The summed E-state index contributed by atoms with van der Waals surface area (Å²) in [6, 6.07) is 5.60. The molecule has 1 amide bonds. The number of nitrogens with zero attached hydrogens (tertiary/aromatic N) is 1. The predicted octanol–water partition coefficient (Wildman–Crippen LogP) is 3.56. The fraction of sp³-hybridized carbons (Fsp3) is 0.500. The summed E-state index contributed by atoms with van der Waals surface area (Å²) < 4.78 is 26.8. The molecular formula is C16H18F2N2O. The van der Waals surface area contributed by atoms with Crippen molar-refractivity contribution in [3.8, 4) is 6.07 Å². The molecule has 0 atom stereocenters. The van der Waals surface area contributed by atoms with Crippen molar-refractivity contribution in [1.29, 1.82) is 5.26 Å². The van der Waals surface area contributed by atoms with Crippen molar-refractivity contribution in [3.63, 3.8) is 0 Å². The second-order valence-electron chi connectivity index (χ2n) is 5.60. The Morgan fingerprint density at radius 3 is 2.67 bits per heavy atom. The normalized spacial score (nSPS) is 25.1. The molecule has 1 fully saturated rings. The number of rotatable bonds is 3. The minimum absolute atomic E-state index is 0.359. The zero-order valence-electron chi connectivity index (χ0n) is 12.0. The van der Waals surface area contributed by atoms with E-state index in [4.69, 9.17) is 0 Å². The van der Waals surface area contributed by atoms with Gasteiger partial charge in [0.15, 0.2) is 11.6 Å². The molecule has 0 heterocycles. The molecule has 1 aromatic carbocycles. The summed E-state index contributed by atoms with van der Waals surface area (Å²) in [5.41, 5.74) is -1.33. The monoisotopic (exact) mass is 292 g/mol. The van der Waals surface area contributed by atoms with E-state index < -0.39 is 23.1 Å². The van der Waals surface area contributed by atoms with Crippen molar-refractivity contribution in [2.45, 2.75) is 44.6 Å². The molecule has 1 N–H and O–H groups in total. The van der Waals surface area contributed by atoms with Gasteiger partial charge in [0.05, 0.1) is 11.6 Å². The van der Waals surface area contributed by atoms with Gasteiger partial charge in [0, 0.05) is 0 Å². The molecule has 0 unspecified atom stereocenters. The van der Waals surface area contributed by atoms with E-state index in [0.29, 0.717) is 18.8 Å². The van der Waals surface area contributed by atoms with Crippen LogP contribution >= 0.6 is 0 Å². The van der Waals surface area contributed by atoms with Crippen molar-refractivity contribution in [1.82, 2.24) is 5.32 Å². The van der Waals surface area contributed by atoms with Crippen LogP contribution in [0, 0.1) is 28.9 Å². The number of hydrogen-bond donors (Lipinski definition) is 1. The topological polar surface area (TPSA) is 52.9 Å². The van der Waals surface area contributed by atoms with Gasteiger partial charge >= 0.3 is 0 Å². The van der Waals surface area contributed by atoms with Crippen LogP contribution in [0.1, 0.15) is 49.4 Å². The first-order chi connectivity index (χ1) is 10.0. The van der Waals surface area contributed by atoms with Crippen molar-refractivity contribution in [2.75, 3.05) is 0 Å². The van der Waals surface area contributed by atoms with E-state index in [-0.39, 0.29) is 5.56 Å². The van der Waals surface area contributed by atoms with Crippen LogP contribution in [0.3, 0.4) is 0 Å². The number of benzene rings is 1.